The van der Waals surface area contributed by atoms with Crippen molar-refractivity contribution in [2.24, 2.45) is 0 Å². The van der Waals surface area contributed by atoms with Gasteiger partial charge in [-0.25, -0.2) is 13.6 Å². The number of aryl methyl sites for hydroxylation is 1. The summed E-state index contributed by atoms with van der Waals surface area (Å²) in [6.07, 6.45) is 0. The Morgan fingerprint density at radius 2 is 1.68 bits per heavy atom. The fourth-order valence-electron chi connectivity index (χ4n) is 1.51. The molecule has 0 aliphatic rings. The van der Waals surface area contributed by atoms with Crippen LogP contribution in [0.1, 0.15) is 5.56 Å². The van der Waals surface area contributed by atoms with Gasteiger partial charge >= 0.3 is 6.03 Å². The molecular weight excluding hydrogens is 250 g/mol. The highest BCUT2D eigenvalue weighted by Crippen LogP contribution is 2.15. The smallest absolute Gasteiger partial charge is 0.308 e. The summed E-state index contributed by atoms with van der Waals surface area (Å²) in [4.78, 5) is 11.6. The molecule has 0 spiro atoms. The minimum absolute atomic E-state index is 0.0778. The summed E-state index contributed by atoms with van der Waals surface area (Å²) in [6, 6.07) is 9.51. The summed E-state index contributed by atoms with van der Waals surface area (Å²) in [5.41, 5.74) is 1.58. The van der Waals surface area contributed by atoms with E-state index in [-0.39, 0.29) is 5.69 Å². The third-order valence-electron chi connectivity index (χ3n) is 2.49. The minimum atomic E-state index is -0.820. The van der Waals surface area contributed by atoms with Gasteiger partial charge in [0, 0.05) is 11.8 Å². The third-order valence-corrected chi connectivity index (χ3v) is 2.49. The van der Waals surface area contributed by atoms with Gasteiger partial charge in [0.2, 0.25) is 0 Å². The summed E-state index contributed by atoms with van der Waals surface area (Å²) in [7, 11) is 0. The summed E-state index contributed by atoms with van der Waals surface area (Å²) < 4.78 is 26.0. The third kappa shape index (κ3) is 3.51. The molecule has 0 saturated heterocycles. The lowest BCUT2D eigenvalue weighted by molar-refractivity contribution is 0.262. The molecule has 0 aliphatic carbocycles. The Balaban J connectivity index is 2.03. The lowest BCUT2D eigenvalue weighted by Crippen LogP contribution is -2.20. The van der Waals surface area contributed by atoms with Gasteiger partial charge in [-0.15, -0.1) is 0 Å². The first-order valence-corrected chi connectivity index (χ1v) is 5.64. The number of amides is 2. The molecule has 0 bridgehead atoms. The van der Waals surface area contributed by atoms with Crippen molar-refractivity contribution in [3.8, 4) is 0 Å². The highest BCUT2D eigenvalue weighted by atomic mass is 19.1. The number of carbonyl (C=O) groups is 1. The second kappa shape index (κ2) is 5.48. The van der Waals surface area contributed by atoms with Crippen molar-refractivity contribution in [1.82, 2.24) is 0 Å². The summed E-state index contributed by atoms with van der Waals surface area (Å²) in [5, 5.41) is 4.86. The first-order chi connectivity index (χ1) is 9.04. The quantitative estimate of drug-likeness (QED) is 0.846. The topological polar surface area (TPSA) is 41.1 Å². The van der Waals surface area contributed by atoms with E-state index < -0.39 is 17.7 Å². The van der Waals surface area contributed by atoms with Crippen LogP contribution in [0.25, 0.3) is 0 Å². The zero-order chi connectivity index (χ0) is 13.8. The average Bonchev–Trinajstić information content (AvgIpc) is 2.36. The van der Waals surface area contributed by atoms with Gasteiger partial charge in [-0.1, -0.05) is 17.7 Å². The SMILES string of the molecule is Cc1ccc(NC(=O)Nc2ccc(F)cc2F)cc1. The van der Waals surface area contributed by atoms with Crippen LogP contribution in [0.4, 0.5) is 25.0 Å². The minimum Gasteiger partial charge on any atom is -0.308 e. The Labute approximate surface area is 109 Å². The Bertz CT molecular complexity index is 597. The van der Waals surface area contributed by atoms with Crippen LogP contribution in [-0.2, 0) is 0 Å². The lowest BCUT2D eigenvalue weighted by atomic mass is 10.2. The Kier molecular flexibility index (Phi) is 3.75. The van der Waals surface area contributed by atoms with E-state index in [1.807, 2.05) is 19.1 Å². The van der Waals surface area contributed by atoms with Crippen molar-refractivity contribution in [3.63, 3.8) is 0 Å². The second-order valence-electron chi connectivity index (χ2n) is 4.07. The number of benzene rings is 2. The molecule has 19 heavy (non-hydrogen) atoms. The largest absolute Gasteiger partial charge is 0.323 e. The van der Waals surface area contributed by atoms with Crippen LogP contribution in [-0.4, -0.2) is 6.03 Å². The van der Waals surface area contributed by atoms with E-state index in [0.29, 0.717) is 11.8 Å². The van der Waals surface area contributed by atoms with Gasteiger partial charge in [0.1, 0.15) is 11.6 Å². The first-order valence-electron chi connectivity index (χ1n) is 5.64. The van der Waals surface area contributed by atoms with Crippen molar-refractivity contribution in [2.75, 3.05) is 10.6 Å². The molecule has 0 fully saturated rings. The second-order valence-corrected chi connectivity index (χ2v) is 4.07. The maximum atomic E-state index is 13.3. The molecule has 2 aromatic rings. The van der Waals surface area contributed by atoms with E-state index in [1.54, 1.807) is 12.1 Å². The van der Waals surface area contributed by atoms with E-state index in [0.717, 1.165) is 11.6 Å². The van der Waals surface area contributed by atoms with Gasteiger partial charge in [0.05, 0.1) is 5.69 Å². The van der Waals surface area contributed by atoms with Crippen molar-refractivity contribution in [2.45, 2.75) is 6.92 Å². The Hall–Kier alpha value is -2.43. The number of nitrogens with one attached hydrogen (secondary N) is 2. The van der Waals surface area contributed by atoms with Crippen LogP contribution in [0.2, 0.25) is 0 Å². The maximum absolute atomic E-state index is 13.3. The van der Waals surface area contributed by atoms with Gasteiger partial charge in [-0.2, -0.15) is 0 Å². The fraction of sp³-hybridized carbons (Fsp3) is 0.0714. The average molecular weight is 262 g/mol. The number of halogens is 2. The molecule has 2 rings (SSSR count). The Morgan fingerprint density at radius 1 is 1.00 bits per heavy atom. The van der Waals surface area contributed by atoms with Crippen LogP contribution in [0.15, 0.2) is 42.5 Å². The highest BCUT2D eigenvalue weighted by Gasteiger charge is 2.07. The zero-order valence-electron chi connectivity index (χ0n) is 10.2. The summed E-state index contributed by atoms with van der Waals surface area (Å²) >= 11 is 0. The highest BCUT2D eigenvalue weighted by molar-refractivity contribution is 5.99. The number of hydrogen-bond donors (Lipinski definition) is 2. The predicted octanol–water partition coefficient (Wildman–Crippen LogP) is 3.92. The molecule has 98 valence electrons. The standard InChI is InChI=1S/C14H12F2N2O/c1-9-2-5-11(6-3-9)17-14(19)18-13-7-4-10(15)8-12(13)16/h2-8H,1H3,(H2,17,18,19). The number of urea groups is 1. The molecule has 3 nitrogen and oxygen atoms in total. The molecule has 2 aromatic carbocycles. The molecule has 2 amide bonds. The van der Waals surface area contributed by atoms with E-state index in [1.165, 1.54) is 6.07 Å². The van der Waals surface area contributed by atoms with Crippen LogP contribution in [0, 0.1) is 18.6 Å². The van der Waals surface area contributed by atoms with Gasteiger partial charge < -0.3 is 10.6 Å². The van der Waals surface area contributed by atoms with E-state index in [9.17, 15) is 13.6 Å². The van der Waals surface area contributed by atoms with E-state index in [4.69, 9.17) is 0 Å². The number of hydrogen-bond acceptors (Lipinski definition) is 1. The molecule has 0 radical (unpaired) electrons. The molecule has 0 atom stereocenters. The van der Waals surface area contributed by atoms with E-state index in [2.05, 4.69) is 10.6 Å². The Morgan fingerprint density at radius 3 is 2.32 bits per heavy atom. The van der Waals surface area contributed by atoms with Gasteiger partial charge in [-0.3, -0.25) is 0 Å². The molecule has 0 aromatic heterocycles. The van der Waals surface area contributed by atoms with Crippen molar-refractivity contribution < 1.29 is 13.6 Å². The molecule has 0 saturated carbocycles. The lowest BCUT2D eigenvalue weighted by Gasteiger charge is -2.08. The zero-order valence-corrected chi connectivity index (χ0v) is 10.2. The summed E-state index contributed by atoms with van der Waals surface area (Å²) in [5.74, 6) is -1.51. The monoisotopic (exact) mass is 262 g/mol. The molecule has 0 aliphatic heterocycles. The van der Waals surface area contributed by atoms with E-state index >= 15 is 0 Å². The van der Waals surface area contributed by atoms with Crippen molar-refractivity contribution in [3.05, 3.63) is 59.7 Å². The number of carbonyl (C=O) groups excluding carboxylic acids is 1. The first kappa shape index (κ1) is 13.0. The predicted molar refractivity (Wildman–Crippen MR) is 70.2 cm³/mol. The van der Waals surface area contributed by atoms with Crippen LogP contribution >= 0.6 is 0 Å². The molecule has 2 N–H and O–H groups in total. The maximum Gasteiger partial charge on any atom is 0.323 e. The van der Waals surface area contributed by atoms with Crippen LogP contribution in [0.3, 0.4) is 0 Å². The molecular formula is C14H12F2N2O. The number of rotatable bonds is 2. The van der Waals surface area contributed by atoms with Gasteiger partial charge in [0.25, 0.3) is 0 Å². The molecule has 0 heterocycles. The number of anilines is 2. The van der Waals surface area contributed by atoms with Crippen molar-refractivity contribution >= 4 is 17.4 Å². The van der Waals surface area contributed by atoms with Crippen LogP contribution in [0.5, 0.6) is 0 Å². The normalized spacial score (nSPS) is 10.1. The summed E-state index contributed by atoms with van der Waals surface area (Å²) in [6.45, 7) is 1.93. The van der Waals surface area contributed by atoms with Gasteiger partial charge in [0.15, 0.2) is 0 Å². The molecule has 5 heteroatoms. The van der Waals surface area contributed by atoms with Crippen LogP contribution < -0.4 is 10.6 Å². The van der Waals surface area contributed by atoms with Crippen molar-refractivity contribution in [1.29, 1.82) is 0 Å². The van der Waals surface area contributed by atoms with Gasteiger partial charge in [-0.05, 0) is 31.2 Å². The fourth-order valence-corrected chi connectivity index (χ4v) is 1.51. The molecule has 0 unspecified atom stereocenters.